The maximum absolute atomic E-state index is 12.9. The number of likely N-dealkylation sites (tertiary alicyclic amines) is 1. The molecule has 0 radical (unpaired) electrons. The van der Waals surface area contributed by atoms with Crippen LogP contribution in [0.15, 0.2) is 12.1 Å². The van der Waals surface area contributed by atoms with Crippen LogP contribution in [0.3, 0.4) is 0 Å². The molecule has 4 rings (SSSR count). The third kappa shape index (κ3) is 4.03. The largest absolute Gasteiger partial charge is 0.474 e. The van der Waals surface area contributed by atoms with Crippen molar-refractivity contribution in [2.75, 3.05) is 13.1 Å². The molecule has 2 atom stereocenters. The Kier molecular flexibility index (Phi) is 5.07. The second kappa shape index (κ2) is 7.11. The molecule has 2 heterocycles. The van der Waals surface area contributed by atoms with Gasteiger partial charge in [0.1, 0.15) is 6.10 Å². The molecule has 1 saturated heterocycles. The minimum absolute atomic E-state index is 0.0524. The van der Waals surface area contributed by atoms with E-state index in [0.717, 1.165) is 38.4 Å². The van der Waals surface area contributed by atoms with Crippen molar-refractivity contribution in [3.8, 4) is 5.88 Å². The molecule has 1 aromatic rings. The first kappa shape index (κ1) is 21.4. The van der Waals surface area contributed by atoms with Gasteiger partial charge in [-0.1, -0.05) is 6.92 Å². The van der Waals surface area contributed by atoms with Crippen LogP contribution in [0.25, 0.3) is 0 Å². The lowest BCUT2D eigenvalue weighted by molar-refractivity contribution is -0.166. The molecule has 1 N–H and O–H groups in total. The number of hydrogen-bond acceptors (Lipinski definition) is 4. The number of alkyl halides is 3. The lowest BCUT2D eigenvalue weighted by Crippen LogP contribution is -2.63. The van der Waals surface area contributed by atoms with Gasteiger partial charge in [0.05, 0.1) is 16.9 Å². The van der Waals surface area contributed by atoms with Crippen LogP contribution in [-0.4, -0.2) is 45.7 Å². The molecule has 3 aliphatic rings. The van der Waals surface area contributed by atoms with Gasteiger partial charge >= 0.3 is 6.18 Å². The Bertz CT molecular complexity index is 825. The van der Waals surface area contributed by atoms with Crippen molar-refractivity contribution < 1.29 is 27.8 Å². The van der Waals surface area contributed by atoms with Crippen LogP contribution >= 0.6 is 0 Å². The summed E-state index contributed by atoms with van der Waals surface area (Å²) in [5.74, 6) is 0.562. The van der Waals surface area contributed by atoms with Crippen molar-refractivity contribution in [2.45, 2.75) is 70.8 Å². The molecule has 3 fully saturated rings. The van der Waals surface area contributed by atoms with Crippen LogP contribution in [0.1, 0.15) is 57.2 Å². The van der Waals surface area contributed by atoms with Crippen molar-refractivity contribution in [3.63, 3.8) is 0 Å². The third-order valence-corrected chi connectivity index (χ3v) is 7.07. The number of aliphatic hydroxyl groups is 1. The minimum Gasteiger partial charge on any atom is -0.474 e. The molecule has 166 valence electrons. The predicted octanol–water partition coefficient (Wildman–Crippen LogP) is 3.97. The van der Waals surface area contributed by atoms with Crippen LogP contribution in [0.4, 0.5) is 13.2 Å². The first-order chi connectivity index (χ1) is 13.9. The maximum atomic E-state index is 12.9. The van der Waals surface area contributed by atoms with E-state index in [1.807, 2.05) is 4.90 Å². The van der Waals surface area contributed by atoms with Gasteiger partial charge < -0.3 is 14.7 Å². The lowest BCUT2D eigenvalue weighted by Gasteiger charge is -2.56. The number of carbonyl (C=O) groups is 1. The molecule has 0 unspecified atom stereocenters. The number of aryl methyl sites for hydroxylation is 1. The average Bonchev–Trinajstić information content (AvgIpc) is 2.57. The van der Waals surface area contributed by atoms with E-state index in [1.165, 1.54) is 13.0 Å². The fraction of sp³-hybridized carbons (Fsp3) is 0.727. The van der Waals surface area contributed by atoms with Gasteiger partial charge in [0.25, 0.3) is 0 Å². The van der Waals surface area contributed by atoms with Crippen molar-refractivity contribution in [2.24, 2.45) is 17.3 Å². The predicted molar refractivity (Wildman–Crippen MR) is 104 cm³/mol. The van der Waals surface area contributed by atoms with Crippen molar-refractivity contribution in [1.82, 2.24) is 9.88 Å². The summed E-state index contributed by atoms with van der Waals surface area (Å²) in [6.45, 7) is 6.70. The Labute approximate surface area is 174 Å². The van der Waals surface area contributed by atoms with Crippen LogP contribution in [0, 0.1) is 24.2 Å². The van der Waals surface area contributed by atoms with Crippen LogP contribution in [0.2, 0.25) is 0 Å². The standard InChI is InChI=1S/C22H29F3N2O3/c1-13-8-21(11-27(12-21)19(28)15-9-20(3,29)10-15)7-6-17(13)30-18-5-4-16(14(2)26-18)22(23,24)25/h4-5,13,15,17,29H,6-12H2,1-3H3/t13-,15?,17-,20?/m0/s1. The Balaban J connectivity index is 1.30. The number of hydrogen-bond donors (Lipinski definition) is 1. The summed E-state index contributed by atoms with van der Waals surface area (Å²) in [5.41, 5.74) is -1.40. The zero-order valence-electron chi connectivity index (χ0n) is 17.6. The van der Waals surface area contributed by atoms with Crippen LogP contribution in [0.5, 0.6) is 5.88 Å². The quantitative estimate of drug-likeness (QED) is 0.795. The van der Waals surface area contributed by atoms with Gasteiger partial charge in [-0.3, -0.25) is 4.79 Å². The van der Waals surface area contributed by atoms with E-state index in [4.69, 9.17) is 4.74 Å². The Morgan fingerprint density at radius 3 is 2.47 bits per heavy atom. The number of aromatic nitrogens is 1. The third-order valence-electron chi connectivity index (χ3n) is 7.07. The summed E-state index contributed by atoms with van der Waals surface area (Å²) in [5, 5.41) is 9.86. The highest BCUT2D eigenvalue weighted by Gasteiger charge is 2.52. The number of ether oxygens (including phenoxy) is 1. The number of carbonyl (C=O) groups excluding carboxylic acids is 1. The Morgan fingerprint density at radius 1 is 1.27 bits per heavy atom. The second-order valence-corrected chi connectivity index (χ2v) is 9.95. The van der Waals surface area contributed by atoms with E-state index >= 15 is 0 Å². The van der Waals surface area contributed by atoms with E-state index < -0.39 is 17.3 Å². The lowest BCUT2D eigenvalue weighted by atomic mass is 9.63. The second-order valence-electron chi connectivity index (χ2n) is 9.95. The number of nitrogens with zero attached hydrogens (tertiary/aromatic N) is 2. The smallest absolute Gasteiger partial charge is 0.418 e. The van der Waals surface area contributed by atoms with E-state index in [9.17, 15) is 23.1 Å². The Hall–Kier alpha value is -1.83. The highest BCUT2D eigenvalue weighted by Crippen LogP contribution is 2.49. The summed E-state index contributed by atoms with van der Waals surface area (Å²) in [4.78, 5) is 18.5. The highest BCUT2D eigenvalue weighted by molar-refractivity contribution is 5.81. The zero-order chi connectivity index (χ0) is 21.9. The summed E-state index contributed by atoms with van der Waals surface area (Å²) in [6, 6.07) is 2.32. The van der Waals surface area contributed by atoms with Gasteiger partial charge in [-0.25, -0.2) is 4.98 Å². The SMILES string of the molecule is Cc1nc(O[C@H]2CCC3(C[C@@H]2C)CN(C(=O)C2CC(C)(O)C2)C3)ccc1C(F)(F)F. The van der Waals surface area contributed by atoms with E-state index in [1.54, 1.807) is 6.92 Å². The number of amides is 1. The molecule has 2 saturated carbocycles. The molecular formula is C22H29F3N2O3. The Morgan fingerprint density at radius 2 is 1.93 bits per heavy atom. The fourth-order valence-electron chi connectivity index (χ4n) is 5.52. The van der Waals surface area contributed by atoms with Gasteiger partial charge in [0, 0.05) is 30.5 Å². The molecule has 0 aromatic carbocycles. The molecule has 2 aliphatic carbocycles. The first-order valence-corrected chi connectivity index (χ1v) is 10.6. The van der Waals surface area contributed by atoms with Gasteiger partial charge in [0.2, 0.25) is 11.8 Å². The van der Waals surface area contributed by atoms with Gasteiger partial charge in [-0.05, 0) is 57.9 Å². The minimum atomic E-state index is -4.41. The monoisotopic (exact) mass is 426 g/mol. The fourth-order valence-corrected chi connectivity index (χ4v) is 5.52. The van der Waals surface area contributed by atoms with E-state index in [-0.39, 0.29) is 40.8 Å². The summed E-state index contributed by atoms with van der Waals surface area (Å²) >= 11 is 0. The summed E-state index contributed by atoms with van der Waals surface area (Å²) in [6.07, 6.45) is -0.781. The van der Waals surface area contributed by atoms with Crippen molar-refractivity contribution >= 4 is 5.91 Å². The van der Waals surface area contributed by atoms with Crippen LogP contribution in [-0.2, 0) is 11.0 Å². The van der Waals surface area contributed by atoms with Gasteiger partial charge in [-0.2, -0.15) is 13.2 Å². The molecule has 5 nitrogen and oxygen atoms in total. The van der Waals surface area contributed by atoms with Crippen molar-refractivity contribution in [3.05, 3.63) is 23.4 Å². The molecule has 1 aliphatic heterocycles. The number of halogens is 3. The first-order valence-electron chi connectivity index (χ1n) is 10.6. The molecule has 0 bridgehead atoms. The highest BCUT2D eigenvalue weighted by atomic mass is 19.4. The van der Waals surface area contributed by atoms with Crippen molar-refractivity contribution in [1.29, 1.82) is 0 Å². The average molecular weight is 426 g/mol. The topological polar surface area (TPSA) is 62.7 Å². The molecule has 8 heteroatoms. The normalized spacial score (nSPS) is 33.0. The van der Waals surface area contributed by atoms with Crippen LogP contribution < -0.4 is 4.74 Å². The maximum Gasteiger partial charge on any atom is 0.418 e. The summed E-state index contributed by atoms with van der Waals surface area (Å²) < 4.78 is 44.7. The molecule has 30 heavy (non-hydrogen) atoms. The zero-order valence-corrected chi connectivity index (χ0v) is 17.6. The van der Waals surface area contributed by atoms with Gasteiger partial charge in [-0.15, -0.1) is 0 Å². The van der Waals surface area contributed by atoms with E-state index in [2.05, 4.69) is 11.9 Å². The molecule has 1 amide bonds. The molecule has 1 aromatic heterocycles. The van der Waals surface area contributed by atoms with Gasteiger partial charge in [0.15, 0.2) is 0 Å². The molecular weight excluding hydrogens is 397 g/mol. The van der Waals surface area contributed by atoms with E-state index in [0.29, 0.717) is 12.8 Å². The summed E-state index contributed by atoms with van der Waals surface area (Å²) in [7, 11) is 0. The number of pyridine rings is 1. The molecule has 1 spiro atoms. The number of rotatable bonds is 3.